The van der Waals surface area contributed by atoms with Crippen molar-refractivity contribution in [1.29, 1.82) is 0 Å². The summed E-state index contributed by atoms with van der Waals surface area (Å²) in [6.45, 7) is 3.77. The molecule has 10 heteroatoms. The fourth-order valence-corrected chi connectivity index (χ4v) is 5.41. The van der Waals surface area contributed by atoms with Gasteiger partial charge in [-0.25, -0.2) is 4.39 Å². The molecule has 2 rings (SSSR count). The van der Waals surface area contributed by atoms with Crippen molar-refractivity contribution in [2.45, 2.75) is 89.1 Å². The van der Waals surface area contributed by atoms with E-state index in [1.165, 1.54) is 6.92 Å². The van der Waals surface area contributed by atoms with Crippen LogP contribution in [0.25, 0.3) is 0 Å². The van der Waals surface area contributed by atoms with Gasteiger partial charge in [0.1, 0.15) is 6.23 Å². The van der Waals surface area contributed by atoms with Crippen molar-refractivity contribution in [1.82, 2.24) is 5.32 Å². The van der Waals surface area contributed by atoms with Crippen molar-refractivity contribution in [2.24, 2.45) is 35.3 Å². The molecule has 0 spiro atoms. The Bertz CT molecular complexity index is 532. The van der Waals surface area contributed by atoms with Crippen LogP contribution in [-0.4, -0.2) is 41.9 Å². The first-order valence-electron chi connectivity index (χ1n) is 10.7. The fraction of sp³-hybridized carbons (Fsp3) is 1.00. The molecule has 2 aliphatic rings. The molecular weight excluding hydrogens is 417 g/mol. The first kappa shape index (κ1) is 25.6. The van der Waals surface area contributed by atoms with Crippen molar-refractivity contribution < 1.29 is 35.8 Å². The number of nitrogens with two attached hydrogens (primary N) is 1. The average Bonchev–Trinajstić information content (AvgIpc) is 2.66. The van der Waals surface area contributed by atoms with Gasteiger partial charge in [0, 0.05) is 12.0 Å². The molecule has 3 unspecified atom stereocenters. The summed E-state index contributed by atoms with van der Waals surface area (Å²) < 4.78 is 93.8. The molecule has 30 heavy (non-hydrogen) atoms. The highest BCUT2D eigenvalue weighted by molar-refractivity contribution is 5.04. The molecule has 4 N–H and O–H groups in total. The molecule has 0 aromatic heterocycles. The van der Waals surface area contributed by atoms with Gasteiger partial charge in [-0.1, -0.05) is 20.3 Å². The van der Waals surface area contributed by atoms with Crippen molar-refractivity contribution in [3.8, 4) is 0 Å². The highest BCUT2D eigenvalue weighted by Gasteiger charge is 2.76. The number of hydrogen-bond acceptors (Lipinski definition) is 3. The first-order chi connectivity index (χ1) is 13.8. The number of aliphatic hydroxyl groups excluding tert-OH is 1. The first-order valence-corrected chi connectivity index (χ1v) is 10.7. The predicted octanol–water partition coefficient (Wildman–Crippen LogP) is 4.93. The lowest BCUT2D eigenvalue weighted by molar-refractivity contribution is -0.362. The number of hydrogen-bond donors (Lipinski definition) is 3. The van der Waals surface area contributed by atoms with E-state index in [9.17, 15) is 35.8 Å². The molecule has 178 valence electrons. The van der Waals surface area contributed by atoms with E-state index in [-0.39, 0.29) is 12.3 Å². The Balaban J connectivity index is 2.12. The summed E-state index contributed by atoms with van der Waals surface area (Å²) in [7, 11) is 0. The minimum Gasteiger partial charge on any atom is -0.378 e. The Labute approximate surface area is 173 Å². The molecule has 2 saturated carbocycles. The van der Waals surface area contributed by atoms with Crippen LogP contribution in [0.1, 0.15) is 58.8 Å². The lowest BCUT2D eigenvalue weighted by atomic mass is 9.65. The monoisotopic (exact) mass is 450 g/mol. The number of halogens is 7. The molecule has 0 saturated heterocycles. The van der Waals surface area contributed by atoms with Gasteiger partial charge in [0.25, 0.3) is 0 Å². The van der Waals surface area contributed by atoms with E-state index in [1.807, 2.05) is 0 Å². The normalized spacial score (nSPS) is 35.3. The van der Waals surface area contributed by atoms with Crippen LogP contribution in [0.2, 0.25) is 0 Å². The largest absolute Gasteiger partial charge is 0.431 e. The van der Waals surface area contributed by atoms with E-state index >= 15 is 0 Å². The summed E-state index contributed by atoms with van der Waals surface area (Å²) >= 11 is 0. The predicted molar refractivity (Wildman–Crippen MR) is 99.1 cm³/mol. The van der Waals surface area contributed by atoms with Crippen LogP contribution in [0.3, 0.4) is 0 Å². The third-order valence-electron chi connectivity index (χ3n) is 7.31. The number of alkyl halides is 7. The second kappa shape index (κ2) is 9.48. The zero-order chi connectivity index (χ0) is 22.9. The zero-order valence-corrected chi connectivity index (χ0v) is 17.4. The van der Waals surface area contributed by atoms with E-state index in [4.69, 9.17) is 5.73 Å². The minimum atomic E-state index is -6.03. The van der Waals surface area contributed by atoms with Gasteiger partial charge in [0.15, 0.2) is 0 Å². The Kier molecular flexibility index (Phi) is 8.11. The van der Waals surface area contributed by atoms with E-state index in [2.05, 4.69) is 5.32 Å². The Morgan fingerprint density at radius 1 is 0.967 bits per heavy atom. The van der Waals surface area contributed by atoms with Crippen LogP contribution in [0.4, 0.5) is 30.7 Å². The SMILES string of the molecule is CCC1C[C@@H](C(F)(C(F)(F)F)C(F)(F)F)C[C@@H](C)C1NC(O)C1CCC(CN)CC1. The molecule has 0 heterocycles. The van der Waals surface area contributed by atoms with Gasteiger partial charge in [0.2, 0.25) is 0 Å². The summed E-state index contributed by atoms with van der Waals surface area (Å²) in [5.74, 6) is -3.08. The summed E-state index contributed by atoms with van der Waals surface area (Å²) in [6.07, 6.45) is -10.5. The summed E-state index contributed by atoms with van der Waals surface area (Å²) in [5.41, 5.74) is 0.439. The van der Waals surface area contributed by atoms with Crippen molar-refractivity contribution in [2.75, 3.05) is 6.54 Å². The molecule has 2 aliphatic carbocycles. The fourth-order valence-electron chi connectivity index (χ4n) is 5.41. The van der Waals surface area contributed by atoms with E-state index in [0.717, 1.165) is 25.7 Å². The van der Waals surface area contributed by atoms with Crippen LogP contribution in [0.15, 0.2) is 0 Å². The van der Waals surface area contributed by atoms with E-state index in [0.29, 0.717) is 12.5 Å². The average molecular weight is 450 g/mol. The maximum Gasteiger partial charge on any atom is 0.431 e. The van der Waals surface area contributed by atoms with Crippen molar-refractivity contribution in [3.05, 3.63) is 0 Å². The molecular formula is C20H33F7N2O. The maximum absolute atomic E-state index is 14.6. The summed E-state index contributed by atoms with van der Waals surface area (Å²) in [4.78, 5) is 0. The third kappa shape index (κ3) is 5.06. The lowest BCUT2D eigenvalue weighted by Crippen LogP contribution is -2.62. The van der Waals surface area contributed by atoms with Crippen LogP contribution < -0.4 is 11.1 Å². The van der Waals surface area contributed by atoms with E-state index < -0.39 is 60.9 Å². The number of rotatable bonds is 6. The molecule has 0 bridgehead atoms. The third-order valence-corrected chi connectivity index (χ3v) is 7.31. The molecule has 0 aliphatic heterocycles. The topological polar surface area (TPSA) is 58.3 Å². The number of nitrogens with one attached hydrogen (secondary N) is 1. The van der Waals surface area contributed by atoms with Gasteiger partial charge in [0.05, 0.1) is 0 Å². The summed E-state index contributed by atoms with van der Waals surface area (Å²) in [5, 5.41) is 13.7. The molecule has 5 atom stereocenters. The standard InChI is InChI=1S/C20H33F7N2O/c1-3-13-9-15(18(21,19(22,23)24)20(25,26)27)8-11(2)16(13)29-17(30)14-6-4-12(10-28)5-7-14/h11-17,29-30H,3-10,28H2,1-2H3/t11-,12?,13?,14?,15+,16?,17?/m1/s1. The smallest absolute Gasteiger partial charge is 0.378 e. The van der Waals surface area contributed by atoms with Crippen molar-refractivity contribution in [3.63, 3.8) is 0 Å². The highest BCUT2D eigenvalue weighted by Crippen LogP contribution is 2.56. The Morgan fingerprint density at radius 3 is 1.93 bits per heavy atom. The quantitative estimate of drug-likeness (QED) is 0.397. The summed E-state index contributed by atoms with van der Waals surface area (Å²) in [6, 6.07) is -0.473. The molecule has 3 nitrogen and oxygen atoms in total. The van der Waals surface area contributed by atoms with Gasteiger partial charge in [-0.15, -0.1) is 0 Å². The second-order valence-electron chi connectivity index (χ2n) is 9.18. The van der Waals surface area contributed by atoms with Gasteiger partial charge in [-0.05, 0) is 68.7 Å². The minimum absolute atomic E-state index is 0.0409. The molecule has 0 aromatic carbocycles. The van der Waals surface area contributed by atoms with E-state index in [1.54, 1.807) is 6.92 Å². The van der Waals surface area contributed by atoms with Crippen LogP contribution in [-0.2, 0) is 0 Å². The lowest BCUT2D eigenvalue weighted by Gasteiger charge is -2.47. The second-order valence-corrected chi connectivity index (χ2v) is 9.18. The zero-order valence-electron chi connectivity index (χ0n) is 17.4. The van der Waals surface area contributed by atoms with Gasteiger partial charge in [-0.3, -0.25) is 5.32 Å². The van der Waals surface area contributed by atoms with Crippen LogP contribution >= 0.6 is 0 Å². The van der Waals surface area contributed by atoms with Crippen LogP contribution in [0, 0.1) is 29.6 Å². The van der Waals surface area contributed by atoms with Crippen LogP contribution in [0.5, 0.6) is 0 Å². The maximum atomic E-state index is 14.6. The Hall–Kier alpha value is -0.610. The van der Waals surface area contributed by atoms with Gasteiger partial charge < -0.3 is 10.8 Å². The highest BCUT2D eigenvalue weighted by atomic mass is 19.4. The molecule has 2 fully saturated rings. The Morgan fingerprint density at radius 2 is 1.50 bits per heavy atom. The van der Waals surface area contributed by atoms with Gasteiger partial charge in [-0.2, -0.15) is 26.3 Å². The molecule has 0 amide bonds. The van der Waals surface area contributed by atoms with Gasteiger partial charge >= 0.3 is 18.0 Å². The molecule has 0 aromatic rings. The van der Waals surface area contributed by atoms with Crippen molar-refractivity contribution >= 4 is 0 Å². The number of aliphatic hydroxyl groups is 1. The molecule has 0 radical (unpaired) electrons.